The second kappa shape index (κ2) is 8.31. The second-order valence-corrected chi connectivity index (χ2v) is 6.36. The molecule has 0 unspecified atom stereocenters. The Morgan fingerprint density at radius 2 is 1.87 bits per heavy atom. The molecule has 5 nitrogen and oxygen atoms in total. The van der Waals surface area contributed by atoms with E-state index >= 15 is 0 Å². The number of benzene rings is 1. The molecular formula is C17H25ClN2O3. The zero-order valence-electron chi connectivity index (χ0n) is 14.1. The predicted octanol–water partition coefficient (Wildman–Crippen LogP) is 3.22. The van der Waals surface area contributed by atoms with Crippen molar-refractivity contribution in [2.75, 3.05) is 11.9 Å². The highest BCUT2D eigenvalue weighted by molar-refractivity contribution is 6.34. The quantitative estimate of drug-likeness (QED) is 0.713. The summed E-state index contributed by atoms with van der Waals surface area (Å²) < 4.78 is 0. The molecule has 23 heavy (non-hydrogen) atoms. The average molecular weight is 341 g/mol. The minimum atomic E-state index is -0.925. The maximum Gasteiger partial charge on any atom is 0.252 e. The topological polar surface area (TPSA) is 78.4 Å². The molecule has 0 aliphatic carbocycles. The van der Waals surface area contributed by atoms with Crippen molar-refractivity contribution in [2.24, 2.45) is 5.92 Å². The molecule has 0 heterocycles. The number of hydrogen-bond donors (Lipinski definition) is 3. The molecule has 3 N–H and O–H groups in total. The van der Waals surface area contributed by atoms with E-state index in [1.54, 1.807) is 26.0 Å². The van der Waals surface area contributed by atoms with E-state index in [2.05, 4.69) is 10.6 Å². The van der Waals surface area contributed by atoms with E-state index in [1.807, 2.05) is 13.8 Å². The van der Waals surface area contributed by atoms with E-state index in [0.29, 0.717) is 23.6 Å². The highest BCUT2D eigenvalue weighted by atomic mass is 35.5. The van der Waals surface area contributed by atoms with E-state index in [1.165, 1.54) is 6.07 Å². The Balaban J connectivity index is 2.86. The maximum absolute atomic E-state index is 12.3. The summed E-state index contributed by atoms with van der Waals surface area (Å²) in [6, 6.07) is 4.75. The van der Waals surface area contributed by atoms with Gasteiger partial charge in [0.25, 0.3) is 5.91 Å². The number of anilines is 1. The molecule has 0 saturated carbocycles. The van der Waals surface area contributed by atoms with Gasteiger partial charge >= 0.3 is 0 Å². The van der Waals surface area contributed by atoms with Crippen LogP contribution in [0, 0.1) is 5.92 Å². The van der Waals surface area contributed by atoms with E-state index in [4.69, 9.17) is 11.6 Å². The van der Waals surface area contributed by atoms with Crippen molar-refractivity contribution < 1.29 is 14.7 Å². The predicted molar refractivity (Wildman–Crippen MR) is 92.8 cm³/mol. The minimum Gasteiger partial charge on any atom is -0.388 e. The van der Waals surface area contributed by atoms with Gasteiger partial charge in [-0.2, -0.15) is 0 Å². The molecule has 0 spiro atoms. The van der Waals surface area contributed by atoms with Gasteiger partial charge in [0.1, 0.15) is 0 Å². The first-order valence-electron chi connectivity index (χ1n) is 7.83. The molecule has 0 radical (unpaired) electrons. The number of hydrogen-bond acceptors (Lipinski definition) is 3. The molecule has 1 aromatic carbocycles. The van der Waals surface area contributed by atoms with Crippen molar-refractivity contribution in [2.45, 2.75) is 46.1 Å². The molecule has 1 rings (SSSR count). The lowest BCUT2D eigenvalue weighted by Crippen LogP contribution is -2.42. The number of rotatable bonds is 7. The van der Waals surface area contributed by atoms with Gasteiger partial charge in [0.15, 0.2) is 0 Å². The SMILES string of the molecule is CCC(O)(CC)CNC(=O)c1cc(NC(=O)C(C)C)ccc1Cl. The fourth-order valence-corrected chi connectivity index (χ4v) is 2.11. The van der Waals surface area contributed by atoms with Crippen LogP contribution >= 0.6 is 11.6 Å². The fourth-order valence-electron chi connectivity index (χ4n) is 1.90. The number of carbonyl (C=O) groups is 2. The van der Waals surface area contributed by atoms with Gasteiger partial charge < -0.3 is 15.7 Å². The third kappa shape index (κ3) is 5.52. The van der Waals surface area contributed by atoms with Crippen molar-refractivity contribution in [1.82, 2.24) is 5.32 Å². The molecule has 2 amide bonds. The zero-order valence-corrected chi connectivity index (χ0v) is 14.8. The Morgan fingerprint density at radius 3 is 2.39 bits per heavy atom. The van der Waals surface area contributed by atoms with Gasteiger partial charge in [0, 0.05) is 18.2 Å². The monoisotopic (exact) mass is 340 g/mol. The van der Waals surface area contributed by atoms with Crippen molar-refractivity contribution >= 4 is 29.1 Å². The summed E-state index contributed by atoms with van der Waals surface area (Å²) in [5, 5.41) is 15.9. The van der Waals surface area contributed by atoms with Crippen LogP contribution in [0.5, 0.6) is 0 Å². The summed E-state index contributed by atoms with van der Waals surface area (Å²) in [6.45, 7) is 7.46. The number of halogens is 1. The van der Waals surface area contributed by atoms with Crippen molar-refractivity contribution in [3.63, 3.8) is 0 Å². The van der Waals surface area contributed by atoms with Crippen LogP contribution < -0.4 is 10.6 Å². The molecule has 1 aromatic rings. The highest BCUT2D eigenvalue weighted by Crippen LogP contribution is 2.21. The van der Waals surface area contributed by atoms with Gasteiger partial charge in [-0.15, -0.1) is 0 Å². The van der Waals surface area contributed by atoms with Crippen LogP contribution in [-0.2, 0) is 4.79 Å². The number of carbonyl (C=O) groups excluding carboxylic acids is 2. The van der Waals surface area contributed by atoms with E-state index < -0.39 is 5.60 Å². The van der Waals surface area contributed by atoms with Crippen LogP contribution in [-0.4, -0.2) is 29.1 Å². The summed E-state index contributed by atoms with van der Waals surface area (Å²) in [4.78, 5) is 24.0. The Hall–Kier alpha value is -1.59. The number of amides is 2. The smallest absolute Gasteiger partial charge is 0.252 e. The van der Waals surface area contributed by atoms with E-state index in [9.17, 15) is 14.7 Å². The molecule has 0 fully saturated rings. The van der Waals surface area contributed by atoms with Gasteiger partial charge in [-0.25, -0.2) is 0 Å². The Kier molecular flexibility index (Phi) is 7.03. The van der Waals surface area contributed by atoms with Crippen molar-refractivity contribution in [1.29, 1.82) is 0 Å². The third-order valence-electron chi connectivity index (χ3n) is 3.90. The van der Waals surface area contributed by atoms with Gasteiger partial charge in [-0.3, -0.25) is 9.59 Å². The Labute approximate surface area is 142 Å². The Bertz CT molecular complexity index is 569. The fraction of sp³-hybridized carbons (Fsp3) is 0.529. The molecule has 0 aliphatic heterocycles. The van der Waals surface area contributed by atoms with E-state index in [0.717, 1.165) is 0 Å². The molecule has 0 saturated heterocycles. The van der Waals surface area contributed by atoms with Gasteiger partial charge in [0.05, 0.1) is 16.2 Å². The van der Waals surface area contributed by atoms with Crippen molar-refractivity contribution in [3.8, 4) is 0 Å². The molecule has 0 atom stereocenters. The molecule has 0 aromatic heterocycles. The zero-order chi connectivity index (χ0) is 17.6. The Morgan fingerprint density at radius 1 is 1.26 bits per heavy atom. The molecule has 128 valence electrons. The normalized spacial score (nSPS) is 11.4. The molecule has 0 bridgehead atoms. The second-order valence-electron chi connectivity index (χ2n) is 5.95. The van der Waals surface area contributed by atoms with Crippen LogP contribution in [0.2, 0.25) is 5.02 Å². The highest BCUT2D eigenvalue weighted by Gasteiger charge is 2.23. The summed E-state index contributed by atoms with van der Waals surface area (Å²) >= 11 is 6.07. The lowest BCUT2D eigenvalue weighted by atomic mass is 9.97. The third-order valence-corrected chi connectivity index (χ3v) is 4.23. The molecular weight excluding hydrogens is 316 g/mol. The number of aliphatic hydroxyl groups is 1. The minimum absolute atomic E-state index is 0.134. The molecule has 6 heteroatoms. The summed E-state index contributed by atoms with van der Waals surface area (Å²) in [5.41, 5.74) is -0.145. The van der Waals surface area contributed by atoms with Crippen molar-refractivity contribution in [3.05, 3.63) is 28.8 Å². The average Bonchev–Trinajstić information content (AvgIpc) is 2.53. The van der Waals surface area contributed by atoms with Crippen LogP contribution in [0.3, 0.4) is 0 Å². The largest absolute Gasteiger partial charge is 0.388 e. The first-order valence-corrected chi connectivity index (χ1v) is 8.21. The summed E-state index contributed by atoms with van der Waals surface area (Å²) in [6.07, 6.45) is 1.09. The molecule has 0 aliphatic rings. The first-order chi connectivity index (χ1) is 10.7. The van der Waals surface area contributed by atoms with Crippen LogP contribution in [0.25, 0.3) is 0 Å². The lowest BCUT2D eigenvalue weighted by Gasteiger charge is -2.25. The van der Waals surface area contributed by atoms with Crippen LogP contribution in [0.15, 0.2) is 18.2 Å². The van der Waals surface area contributed by atoms with Crippen LogP contribution in [0.1, 0.15) is 50.9 Å². The standard InChI is InChI=1S/C17H25ClN2O3/c1-5-17(23,6-2)10-19-16(22)13-9-12(7-8-14(13)18)20-15(21)11(3)4/h7-9,11,23H,5-6,10H2,1-4H3,(H,19,22)(H,20,21). The maximum atomic E-state index is 12.3. The van der Waals surface area contributed by atoms with Gasteiger partial charge in [0.2, 0.25) is 5.91 Å². The van der Waals surface area contributed by atoms with Gasteiger partial charge in [-0.1, -0.05) is 39.3 Å². The summed E-state index contributed by atoms with van der Waals surface area (Å²) in [5.74, 6) is -0.673. The summed E-state index contributed by atoms with van der Waals surface area (Å²) in [7, 11) is 0. The number of nitrogens with one attached hydrogen (secondary N) is 2. The van der Waals surface area contributed by atoms with E-state index in [-0.39, 0.29) is 29.8 Å². The van der Waals surface area contributed by atoms with Gasteiger partial charge in [-0.05, 0) is 31.0 Å². The lowest BCUT2D eigenvalue weighted by molar-refractivity contribution is -0.118. The van der Waals surface area contributed by atoms with Crippen LogP contribution in [0.4, 0.5) is 5.69 Å². The first kappa shape index (κ1) is 19.5.